The van der Waals surface area contributed by atoms with Gasteiger partial charge in [0.1, 0.15) is 0 Å². The molecule has 0 aliphatic heterocycles. The van der Waals surface area contributed by atoms with Gasteiger partial charge in [0.15, 0.2) is 5.78 Å². The molecule has 0 unspecified atom stereocenters. The van der Waals surface area contributed by atoms with E-state index in [2.05, 4.69) is 4.98 Å². The smallest absolute Gasteiger partial charge is 0.226 e. The lowest BCUT2D eigenvalue weighted by Gasteiger charge is -2.10. The third-order valence-corrected chi connectivity index (χ3v) is 2.99. The summed E-state index contributed by atoms with van der Waals surface area (Å²) >= 11 is 0. The van der Waals surface area contributed by atoms with Crippen molar-refractivity contribution in [3.63, 3.8) is 0 Å². The van der Waals surface area contributed by atoms with Crippen molar-refractivity contribution in [2.24, 2.45) is 0 Å². The lowest BCUT2D eigenvalue weighted by atomic mass is 10.1. The molecule has 1 aromatic carbocycles. The Kier molecular flexibility index (Phi) is 3.19. The molecule has 0 fully saturated rings. The van der Waals surface area contributed by atoms with Crippen molar-refractivity contribution >= 4 is 22.6 Å². The van der Waals surface area contributed by atoms with Crippen molar-refractivity contribution < 1.29 is 9.59 Å². The van der Waals surface area contributed by atoms with E-state index in [1.165, 1.54) is 11.8 Å². The SMILES string of the molecule is CC(=O)c1[nH]c2ccccc2c1CC(=O)N(C)C. The molecule has 18 heavy (non-hydrogen) atoms. The van der Waals surface area contributed by atoms with Crippen molar-refractivity contribution in [3.8, 4) is 0 Å². The van der Waals surface area contributed by atoms with Gasteiger partial charge in [0.2, 0.25) is 5.91 Å². The van der Waals surface area contributed by atoms with Gasteiger partial charge < -0.3 is 9.88 Å². The highest BCUT2D eigenvalue weighted by molar-refractivity contribution is 6.02. The molecule has 4 heteroatoms. The first-order valence-corrected chi connectivity index (χ1v) is 5.81. The Morgan fingerprint density at radius 1 is 1.22 bits per heavy atom. The highest BCUT2D eigenvalue weighted by Crippen LogP contribution is 2.23. The van der Waals surface area contributed by atoms with Crippen LogP contribution in [-0.2, 0) is 11.2 Å². The van der Waals surface area contributed by atoms with Gasteiger partial charge in [0, 0.05) is 31.9 Å². The fourth-order valence-electron chi connectivity index (χ4n) is 1.99. The minimum absolute atomic E-state index is 0.0118. The number of carbonyl (C=O) groups is 2. The van der Waals surface area contributed by atoms with Gasteiger partial charge in [-0.2, -0.15) is 0 Å². The summed E-state index contributed by atoms with van der Waals surface area (Å²) in [5, 5.41) is 0.943. The maximum atomic E-state index is 11.8. The maximum absolute atomic E-state index is 11.8. The molecule has 2 aromatic rings. The quantitative estimate of drug-likeness (QED) is 0.840. The Morgan fingerprint density at radius 2 is 1.89 bits per heavy atom. The van der Waals surface area contributed by atoms with E-state index < -0.39 is 0 Å². The zero-order valence-electron chi connectivity index (χ0n) is 10.8. The topological polar surface area (TPSA) is 53.2 Å². The normalized spacial score (nSPS) is 10.6. The van der Waals surface area contributed by atoms with Gasteiger partial charge >= 0.3 is 0 Å². The predicted molar refractivity (Wildman–Crippen MR) is 70.7 cm³/mol. The summed E-state index contributed by atoms with van der Waals surface area (Å²) in [6.45, 7) is 1.51. The number of nitrogens with zero attached hydrogens (tertiary/aromatic N) is 1. The van der Waals surface area contributed by atoms with E-state index >= 15 is 0 Å². The monoisotopic (exact) mass is 244 g/mol. The van der Waals surface area contributed by atoms with Crippen LogP contribution in [0, 0.1) is 0 Å². The summed E-state index contributed by atoms with van der Waals surface area (Å²) in [5.74, 6) is -0.0602. The molecular weight excluding hydrogens is 228 g/mol. The van der Waals surface area contributed by atoms with Crippen molar-refractivity contribution in [1.82, 2.24) is 9.88 Å². The first kappa shape index (κ1) is 12.4. The van der Waals surface area contributed by atoms with E-state index in [1.54, 1.807) is 14.1 Å². The van der Waals surface area contributed by atoms with Crippen LogP contribution in [0.4, 0.5) is 0 Å². The van der Waals surface area contributed by atoms with E-state index in [1.807, 2.05) is 24.3 Å². The largest absolute Gasteiger partial charge is 0.352 e. The summed E-state index contributed by atoms with van der Waals surface area (Å²) in [7, 11) is 3.43. The van der Waals surface area contributed by atoms with Gasteiger partial charge in [-0.25, -0.2) is 0 Å². The van der Waals surface area contributed by atoms with Gasteiger partial charge in [0.05, 0.1) is 12.1 Å². The van der Waals surface area contributed by atoms with Crippen molar-refractivity contribution in [2.45, 2.75) is 13.3 Å². The highest BCUT2D eigenvalue weighted by atomic mass is 16.2. The number of fused-ring (bicyclic) bond motifs is 1. The third kappa shape index (κ3) is 2.14. The molecule has 0 atom stereocenters. The summed E-state index contributed by atoms with van der Waals surface area (Å²) in [5.41, 5.74) is 2.22. The van der Waals surface area contributed by atoms with E-state index in [9.17, 15) is 9.59 Å². The molecule has 2 rings (SSSR count). The lowest BCUT2D eigenvalue weighted by Crippen LogP contribution is -2.24. The zero-order chi connectivity index (χ0) is 13.3. The van der Waals surface area contributed by atoms with Crippen molar-refractivity contribution in [2.75, 3.05) is 14.1 Å². The predicted octanol–water partition coefficient (Wildman–Crippen LogP) is 2.00. The van der Waals surface area contributed by atoms with E-state index in [-0.39, 0.29) is 18.1 Å². The molecule has 1 heterocycles. The number of benzene rings is 1. The van der Waals surface area contributed by atoms with Crippen LogP contribution in [0.3, 0.4) is 0 Å². The van der Waals surface area contributed by atoms with E-state index in [0.29, 0.717) is 5.69 Å². The minimum Gasteiger partial charge on any atom is -0.352 e. The summed E-state index contributed by atoms with van der Waals surface area (Å²) in [6.07, 6.45) is 0.242. The molecule has 0 radical (unpaired) electrons. The molecule has 0 bridgehead atoms. The molecule has 0 aliphatic carbocycles. The number of H-pyrrole nitrogens is 1. The molecule has 0 saturated heterocycles. The van der Waals surface area contributed by atoms with Crippen LogP contribution in [-0.4, -0.2) is 35.7 Å². The summed E-state index contributed by atoms with van der Waals surface area (Å²) in [6, 6.07) is 7.64. The Balaban J connectivity index is 2.55. The average Bonchev–Trinajstić information content (AvgIpc) is 2.68. The second-order valence-corrected chi connectivity index (χ2v) is 4.55. The van der Waals surface area contributed by atoms with Crippen LogP contribution >= 0.6 is 0 Å². The number of rotatable bonds is 3. The van der Waals surface area contributed by atoms with Gasteiger partial charge in [-0.1, -0.05) is 18.2 Å². The molecule has 1 amide bonds. The first-order chi connectivity index (χ1) is 8.50. The van der Waals surface area contributed by atoms with Gasteiger partial charge in [-0.3, -0.25) is 9.59 Å². The van der Waals surface area contributed by atoms with Gasteiger partial charge in [0.25, 0.3) is 0 Å². The first-order valence-electron chi connectivity index (χ1n) is 5.81. The lowest BCUT2D eigenvalue weighted by molar-refractivity contribution is -0.127. The fraction of sp³-hybridized carbons (Fsp3) is 0.286. The second-order valence-electron chi connectivity index (χ2n) is 4.55. The molecule has 4 nitrogen and oxygen atoms in total. The standard InChI is InChI=1S/C14H16N2O2/c1-9(17)14-11(8-13(18)16(2)3)10-6-4-5-7-12(10)15-14/h4-7,15H,8H2,1-3H3. The Labute approximate surface area is 106 Å². The van der Waals surface area contributed by atoms with Gasteiger partial charge in [-0.15, -0.1) is 0 Å². The fourth-order valence-corrected chi connectivity index (χ4v) is 1.99. The van der Waals surface area contributed by atoms with Crippen molar-refractivity contribution in [1.29, 1.82) is 0 Å². The Morgan fingerprint density at radius 3 is 2.50 bits per heavy atom. The number of aromatic nitrogens is 1. The Hall–Kier alpha value is -2.10. The number of amides is 1. The number of ketones is 1. The summed E-state index contributed by atoms with van der Waals surface area (Å²) in [4.78, 5) is 28.1. The van der Waals surface area contributed by atoms with Crippen LogP contribution in [0.15, 0.2) is 24.3 Å². The van der Waals surface area contributed by atoms with Crippen molar-refractivity contribution in [3.05, 3.63) is 35.5 Å². The van der Waals surface area contributed by atoms with Gasteiger partial charge in [-0.05, 0) is 11.6 Å². The third-order valence-electron chi connectivity index (χ3n) is 2.99. The average molecular weight is 244 g/mol. The van der Waals surface area contributed by atoms with Crippen LogP contribution in [0.25, 0.3) is 10.9 Å². The number of Topliss-reactive ketones (excluding diaryl/α,β-unsaturated/α-hetero) is 1. The molecule has 0 spiro atoms. The molecule has 0 saturated carbocycles. The molecule has 94 valence electrons. The minimum atomic E-state index is -0.0484. The molecule has 1 aromatic heterocycles. The number of hydrogen-bond acceptors (Lipinski definition) is 2. The number of aromatic amines is 1. The van der Waals surface area contributed by atoms with E-state index in [4.69, 9.17) is 0 Å². The molecule has 0 aliphatic rings. The van der Waals surface area contributed by atoms with E-state index in [0.717, 1.165) is 16.5 Å². The van der Waals surface area contributed by atoms with Crippen LogP contribution in [0.5, 0.6) is 0 Å². The molecule has 1 N–H and O–H groups in total. The highest BCUT2D eigenvalue weighted by Gasteiger charge is 2.17. The zero-order valence-corrected chi connectivity index (χ0v) is 10.8. The maximum Gasteiger partial charge on any atom is 0.226 e. The molecular formula is C14H16N2O2. The Bertz CT molecular complexity index is 611. The second kappa shape index (κ2) is 4.64. The number of para-hydroxylation sites is 1. The summed E-state index contributed by atoms with van der Waals surface area (Å²) < 4.78 is 0. The van der Waals surface area contributed by atoms with Crippen LogP contribution in [0.2, 0.25) is 0 Å². The number of hydrogen-bond donors (Lipinski definition) is 1. The number of likely N-dealkylation sites (N-methyl/N-ethyl adjacent to an activating group) is 1. The van der Waals surface area contributed by atoms with Crippen LogP contribution in [0.1, 0.15) is 23.0 Å². The number of nitrogens with one attached hydrogen (secondary N) is 1. The van der Waals surface area contributed by atoms with Crippen LogP contribution < -0.4 is 0 Å². The number of carbonyl (C=O) groups excluding carboxylic acids is 2.